The van der Waals surface area contributed by atoms with Gasteiger partial charge < -0.3 is 14.4 Å². The molecule has 2 aromatic carbocycles. The fraction of sp³-hybridized carbons (Fsp3) is 0.278. The van der Waals surface area contributed by atoms with Gasteiger partial charge in [-0.25, -0.2) is 4.39 Å². The number of methoxy groups -OCH3 is 2. The standard InChI is InChI=1S/C18H17BrFNO3/c1-23-14-7-3-12(4-8-14)11-21-16(18(19,20)17(21)22)13-5-9-15(24-2)10-6-13/h3-10,16H,11H2,1-2H3/t16-,18-/m0/s1. The number of carbonyl (C=O) groups is 1. The SMILES string of the molecule is COc1ccc(CN2C(=O)[C@](F)(Br)[C@@H]2c2ccc(OC)cc2)cc1. The second kappa shape index (κ2) is 6.43. The molecule has 1 heterocycles. The normalized spacial score (nSPS) is 22.9. The molecule has 1 aliphatic rings. The molecule has 1 amide bonds. The fourth-order valence-corrected chi connectivity index (χ4v) is 3.56. The van der Waals surface area contributed by atoms with Crippen molar-refractivity contribution in [3.63, 3.8) is 0 Å². The Labute approximate surface area is 148 Å². The molecule has 0 unspecified atom stereocenters. The van der Waals surface area contributed by atoms with Crippen molar-refractivity contribution in [2.75, 3.05) is 14.2 Å². The van der Waals surface area contributed by atoms with E-state index in [1.807, 2.05) is 24.3 Å². The first kappa shape index (κ1) is 16.8. The first-order chi connectivity index (χ1) is 11.5. The van der Waals surface area contributed by atoms with Crippen LogP contribution in [0.2, 0.25) is 0 Å². The summed E-state index contributed by atoms with van der Waals surface area (Å²) in [6.45, 7) is 0.330. The molecule has 0 bridgehead atoms. The van der Waals surface area contributed by atoms with Crippen LogP contribution >= 0.6 is 15.9 Å². The van der Waals surface area contributed by atoms with Gasteiger partial charge in [0.15, 0.2) is 0 Å². The van der Waals surface area contributed by atoms with Crippen LogP contribution in [0.1, 0.15) is 17.2 Å². The molecule has 0 spiro atoms. The molecule has 0 N–H and O–H groups in total. The highest BCUT2D eigenvalue weighted by molar-refractivity contribution is 9.10. The van der Waals surface area contributed by atoms with Gasteiger partial charge in [0.25, 0.3) is 10.5 Å². The number of amides is 1. The Morgan fingerprint density at radius 1 is 1.04 bits per heavy atom. The summed E-state index contributed by atoms with van der Waals surface area (Å²) in [5.74, 6) is 0.852. The van der Waals surface area contributed by atoms with Gasteiger partial charge in [-0.2, -0.15) is 0 Å². The third-order valence-electron chi connectivity index (χ3n) is 4.14. The third kappa shape index (κ3) is 2.86. The zero-order valence-electron chi connectivity index (χ0n) is 13.3. The maximum Gasteiger partial charge on any atom is 0.274 e. The molecule has 0 aromatic heterocycles. The van der Waals surface area contributed by atoms with Gasteiger partial charge in [-0.05, 0) is 51.3 Å². The van der Waals surface area contributed by atoms with E-state index in [2.05, 4.69) is 15.9 Å². The van der Waals surface area contributed by atoms with Crippen molar-refractivity contribution >= 4 is 21.8 Å². The Balaban J connectivity index is 1.83. The van der Waals surface area contributed by atoms with Crippen LogP contribution in [-0.4, -0.2) is 29.6 Å². The first-order valence-corrected chi connectivity index (χ1v) is 8.22. The average molecular weight is 394 g/mol. The van der Waals surface area contributed by atoms with Gasteiger partial charge in [-0.3, -0.25) is 4.79 Å². The van der Waals surface area contributed by atoms with E-state index < -0.39 is 16.5 Å². The number of halogens is 2. The Kier molecular flexibility index (Phi) is 4.49. The van der Waals surface area contributed by atoms with E-state index in [0.717, 1.165) is 11.3 Å². The summed E-state index contributed by atoms with van der Waals surface area (Å²) in [5.41, 5.74) is 1.62. The van der Waals surface area contributed by atoms with Gasteiger partial charge in [0.05, 0.1) is 14.2 Å². The minimum atomic E-state index is -2.08. The Morgan fingerprint density at radius 3 is 2.04 bits per heavy atom. The Bertz CT molecular complexity index is 731. The van der Waals surface area contributed by atoms with Gasteiger partial charge >= 0.3 is 0 Å². The lowest BCUT2D eigenvalue weighted by Gasteiger charge is -2.48. The van der Waals surface area contributed by atoms with Crippen molar-refractivity contribution < 1.29 is 18.7 Å². The zero-order valence-corrected chi connectivity index (χ0v) is 14.9. The number of rotatable bonds is 5. The topological polar surface area (TPSA) is 38.8 Å². The van der Waals surface area contributed by atoms with Gasteiger partial charge in [-0.15, -0.1) is 0 Å². The molecule has 2 aromatic rings. The van der Waals surface area contributed by atoms with Crippen molar-refractivity contribution in [3.05, 3.63) is 59.7 Å². The molecule has 1 saturated heterocycles. The number of likely N-dealkylation sites (tertiary alicyclic amines) is 1. The number of carbonyl (C=O) groups excluding carboxylic acids is 1. The quantitative estimate of drug-likeness (QED) is 0.571. The van der Waals surface area contributed by atoms with Crippen molar-refractivity contribution in [2.45, 2.75) is 17.2 Å². The van der Waals surface area contributed by atoms with Gasteiger partial charge in [-0.1, -0.05) is 24.3 Å². The summed E-state index contributed by atoms with van der Waals surface area (Å²) in [6.07, 6.45) is 0. The van der Waals surface area contributed by atoms with E-state index >= 15 is 0 Å². The second-order valence-electron chi connectivity index (χ2n) is 5.58. The smallest absolute Gasteiger partial charge is 0.274 e. The predicted molar refractivity (Wildman–Crippen MR) is 92.0 cm³/mol. The highest BCUT2D eigenvalue weighted by Crippen LogP contribution is 2.51. The summed E-state index contributed by atoms with van der Waals surface area (Å²) in [7, 11) is 3.16. The lowest BCUT2D eigenvalue weighted by atomic mass is 9.91. The molecule has 126 valence electrons. The number of benzene rings is 2. The molecule has 4 nitrogen and oxygen atoms in total. The Morgan fingerprint density at radius 2 is 1.54 bits per heavy atom. The van der Waals surface area contributed by atoms with Crippen LogP contribution in [0.25, 0.3) is 0 Å². The lowest BCUT2D eigenvalue weighted by Crippen LogP contribution is -2.62. The summed E-state index contributed by atoms with van der Waals surface area (Å²) in [5, 5.41) is 0. The Hall–Kier alpha value is -2.08. The summed E-state index contributed by atoms with van der Waals surface area (Å²) < 4.78 is 22.8. The third-order valence-corrected chi connectivity index (χ3v) is 4.92. The van der Waals surface area contributed by atoms with Crippen LogP contribution in [-0.2, 0) is 11.3 Å². The molecule has 6 heteroatoms. The molecular formula is C18H17BrFNO3. The number of nitrogens with zero attached hydrogens (tertiary/aromatic N) is 1. The average Bonchev–Trinajstić information content (AvgIpc) is 2.61. The minimum absolute atomic E-state index is 0.330. The minimum Gasteiger partial charge on any atom is -0.497 e. The maximum absolute atomic E-state index is 14.7. The summed E-state index contributed by atoms with van der Waals surface area (Å²) in [6, 6.07) is 13.7. The van der Waals surface area contributed by atoms with E-state index in [0.29, 0.717) is 17.9 Å². The van der Waals surface area contributed by atoms with Crippen LogP contribution < -0.4 is 9.47 Å². The molecule has 3 rings (SSSR count). The molecule has 0 aliphatic carbocycles. The highest BCUT2D eigenvalue weighted by Gasteiger charge is 2.61. The largest absolute Gasteiger partial charge is 0.497 e. The van der Waals surface area contributed by atoms with Gasteiger partial charge in [0.1, 0.15) is 17.5 Å². The number of hydrogen-bond acceptors (Lipinski definition) is 3. The number of alkyl halides is 2. The summed E-state index contributed by atoms with van der Waals surface area (Å²) >= 11 is 2.94. The fourth-order valence-electron chi connectivity index (χ4n) is 2.82. The van der Waals surface area contributed by atoms with Crippen LogP contribution in [0.4, 0.5) is 4.39 Å². The monoisotopic (exact) mass is 393 g/mol. The van der Waals surface area contributed by atoms with Crippen molar-refractivity contribution in [1.29, 1.82) is 0 Å². The molecule has 0 saturated carbocycles. The molecule has 0 radical (unpaired) electrons. The van der Waals surface area contributed by atoms with Crippen molar-refractivity contribution in [1.82, 2.24) is 4.90 Å². The van der Waals surface area contributed by atoms with E-state index in [4.69, 9.17) is 9.47 Å². The van der Waals surface area contributed by atoms with Crippen LogP contribution in [0.5, 0.6) is 11.5 Å². The van der Waals surface area contributed by atoms with E-state index in [-0.39, 0.29) is 0 Å². The molecule has 24 heavy (non-hydrogen) atoms. The molecule has 1 aliphatic heterocycles. The second-order valence-corrected chi connectivity index (χ2v) is 6.73. The number of ether oxygens (including phenoxy) is 2. The van der Waals surface area contributed by atoms with Crippen molar-refractivity contribution in [2.24, 2.45) is 0 Å². The lowest BCUT2D eigenvalue weighted by molar-refractivity contribution is -0.164. The molecule has 1 fully saturated rings. The van der Waals surface area contributed by atoms with E-state index in [1.165, 1.54) is 4.90 Å². The molecule has 2 atom stereocenters. The van der Waals surface area contributed by atoms with Gasteiger partial charge in [0.2, 0.25) is 0 Å². The first-order valence-electron chi connectivity index (χ1n) is 7.43. The number of β-lactam (4-membered cyclic amide) rings is 1. The van der Waals surface area contributed by atoms with Crippen LogP contribution in [0, 0.1) is 0 Å². The molecular weight excluding hydrogens is 377 g/mol. The maximum atomic E-state index is 14.7. The zero-order chi connectivity index (χ0) is 17.3. The summed E-state index contributed by atoms with van der Waals surface area (Å²) in [4.78, 5) is 13.7. The van der Waals surface area contributed by atoms with E-state index in [9.17, 15) is 9.18 Å². The van der Waals surface area contributed by atoms with Crippen LogP contribution in [0.15, 0.2) is 48.5 Å². The van der Waals surface area contributed by atoms with Gasteiger partial charge in [0, 0.05) is 6.54 Å². The van der Waals surface area contributed by atoms with Crippen molar-refractivity contribution in [3.8, 4) is 11.5 Å². The van der Waals surface area contributed by atoms with Crippen LogP contribution in [0.3, 0.4) is 0 Å². The highest BCUT2D eigenvalue weighted by atomic mass is 79.9. The number of hydrogen-bond donors (Lipinski definition) is 0. The predicted octanol–water partition coefficient (Wildman–Crippen LogP) is 3.85. The van der Waals surface area contributed by atoms with E-state index in [1.54, 1.807) is 38.5 Å².